The average molecular weight is 401 g/mol. The first-order valence-corrected chi connectivity index (χ1v) is 9.79. The van der Waals surface area contributed by atoms with E-state index in [1.807, 2.05) is 61.5 Å². The van der Waals surface area contributed by atoms with Gasteiger partial charge in [0, 0.05) is 40.9 Å². The van der Waals surface area contributed by atoms with Crippen LogP contribution in [0.4, 0.5) is 0 Å². The molecule has 4 rings (SSSR count). The smallest absolute Gasteiger partial charge is 0.276 e. The van der Waals surface area contributed by atoms with Crippen LogP contribution >= 0.6 is 0 Å². The maximum Gasteiger partial charge on any atom is 0.276 e. The molecule has 0 atom stereocenters. The standard InChI is InChI=1S/C24H23N3O3/c1-15-20(14-19(28)13-18-11-7-8-12-21(18)30-3)24(29)27-23(25-15)22(16(2)26-27)17-9-5-4-6-10-17/h4-12,26H,13-14H2,1-3H3. The van der Waals surface area contributed by atoms with Gasteiger partial charge in [-0.3, -0.25) is 14.7 Å². The van der Waals surface area contributed by atoms with Crippen LogP contribution in [0.3, 0.4) is 0 Å². The van der Waals surface area contributed by atoms with Gasteiger partial charge in [0.15, 0.2) is 5.65 Å². The molecule has 6 nitrogen and oxygen atoms in total. The van der Waals surface area contributed by atoms with Crippen molar-refractivity contribution < 1.29 is 9.53 Å². The first kappa shape index (κ1) is 19.6. The first-order chi connectivity index (χ1) is 14.5. The maximum absolute atomic E-state index is 13.2. The highest BCUT2D eigenvalue weighted by molar-refractivity contribution is 5.84. The number of aryl methyl sites for hydroxylation is 2. The Hall–Kier alpha value is -3.67. The minimum Gasteiger partial charge on any atom is -0.496 e. The summed E-state index contributed by atoms with van der Waals surface area (Å²) in [7, 11) is 1.58. The van der Waals surface area contributed by atoms with Crippen molar-refractivity contribution in [2.24, 2.45) is 0 Å². The van der Waals surface area contributed by atoms with E-state index in [0.29, 0.717) is 22.7 Å². The third kappa shape index (κ3) is 3.52. The molecule has 2 aromatic carbocycles. The van der Waals surface area contributed by atoms with Gasteiger partial charge in [-0.2, -0.15) is 0 Å². The number of nitrogens with one attached hydrogen (secondary N) is 1. The van der Waals surface area contributed by atoms with Crippen LogP contribution < -0.4 is 10.3 Å². The van der Waals surface area contributed by atoms with Gasteiger partial charge in [-0.25, -0.2) is 9.50 Å². The normalized spacial score (nSPS) is 11.0. The lowest BCUT2D eigenvalue weighted by Crippen LogP contribution is -2.24. The number of benzene rings is 2. The van der Waals surface area contributed by atoms with E-state index in [1.165, 1.54) is 4.52 Å². The Labute approximate surface area is 174 Å². The second-order valence-electron chi connectivity index (χ2n) is 7.32. The lowest BCUT2D eigenvalue weighted by atomic mass is 10.0. The van der Waals surface area contributed by atoms with Crippen LogP contribution in [0.15, 0.2) is 59.4 Å². The Morgan fingerprint density at radius 2 is 1.73 bits per heavy atom. The monoisotopic (exact) mass is 401 g/mol. The molecule has 0 unspecified atom stereocenters. The van der Waals surface area contributed by atoms with Gasteiger partial charge in [0.2, 0.25) is 0 Å². The lowest BCUT2D eigenvalue weighted by Gasteiger charge is -2.09. The maximum atomic E-state index is 13.2. The van der Waals surface area contributed by atoms with E-state index in [1.54, 1.807) is 14.0 Å². The zero-order valence-electron chi connectivity index (χ0n) is 17.2. The Kier molecular flexibility index (Phi) is 5.23. The number of para-hydroxylation sites is 1. The minimum atomic E-state index is -0.240. The molecule has 0 bridgehead atoms. The second kappa shape index (κ2) is 7.99. The van der Waals surface area contributed by atoms with Crippen molar-refractivity contribution in [3.8, 4) is 16.9 Å². The number of carbonyl (C=O) groups is 1. The highest BCUT2D eigenvalue weighted by Gasteiger charge is 2.19. The van der Waals surface area contributed by atoms with E-state index in [2.05, 4.69) is 10.1 Å². The zero-order chi connectivity index (χ0) is 21.3. The van der Waals surface area contributed by atoms with Gasteiger partial charge < -0.3 is 4.74 Å². The zero-order valence-corrected chi connectivity index (χ0v) is 17.2. The van der Waals surface area contributed by atoms with Gasteiger partial charge in [-0.1, -0.05) is 48.5 Å². The van der Waals surface area contributed by atoms with Gasteiger partial charge in [0.25, 0.3) is 5.56 Å². The summed E-state index contributed by atoms with van der Waals surface area (Å²) in [4.78, 5) is 30.6. The number of H-pyrrole nitrogens is 1. The lowest BCUT2D eigenvalue weighted by molar-refractivity contribution is -0.117. The summed E-state index contributed by atoms with van der Waals surface area (Å²) < 4.78 is 6.76. The number of Topliss-reactive ketones (excluding diaryl/α,β-unsaturated/α-hetero) is 1. The van der Waals surface area contributed by atoms with Crippen molar-refractivity contribution in [2.75, 3.05) is 7.11 Å². The fourth-order valence-corrected chi connectivity index (χ4v) is 3.80. The van der Waals surface area contributed by atoms with E-state index in [4.69, 9.17) is 4.74 Å². The van der Waals surface area contributed by atoms with Crippen LogP contribution in [-0.4, -0.2) is 27.5 Å². The number of ketones is 1. The van der Waals surface area contributed by atoms with Gasteiger partial charge in [-0.05, 0) is 25.5 Å². The van der Waals surface area contributed by atoms with Crippen LogP contribution in [0, 0.1) is 13.8 Å². The van der Waals surface area contributed by atoms with Crippen molar-refractivity contribution in [2.45, 2.75) is 26.7 Å². The number of hydrogen-bond acceptors (Lipinski definition) is 4. The van der Waals surface area contributed by atoms with Crippen LogP contribution in [0.2, 0.25) is 0 Å². The molecule has 1 N–H and O–H groups in total. The number of aromatic amines is 1. The highest BCUT2D eigenvalue weighted by atomic mass is 16.5. The van der Waals surface area contributed by atoms with E-state index in [-0.39, 0.29) is 24.2 Å². The SMILES string of the molecule is COc1ccccc1CC(=O)Cc1c(C)nc2c(-c3ccccc3)c(C)[nH]n2c1=O. The molecule has 0 aliphatic carbocycles. The molecular weight excluding hydrogens is 378 g/mol. The number of rotatable bonds is 6. The fraction of sp³-hybridized carbons (Fsp3) is 0.208. The summed E-state index contributed by atoms with van der Waals surface area (Å²) in [6.07, 6.45) is 0.224. The molecule has 2 heterocycles. The third-order valence-corrected chi connectivity index (χ3v) is 5.28. The average Bonchev–Trinajstić information content (AvgIpc) is 3.08. The quantitative estimate of drug-likeness (QED) is 0.535. The Morgan fingerprint density at radius 3 is 2.47 bits per heavy atom. The van der Waals surface area contributed by atoms with Gasteiger partial charge >= 0.3 is 0 Å². The Morgan fingerprint density at radius 1 is 1.03 bits per heavy atom. The number of ether oxygens (including phenoxy) is 1. The Bertz CT molecular complexity index is 1290. The van der Waals surface area contributed by atoms with E-state index < -0.39 is 0 Å². The van der Waals surface area contributed by atoms with Gasteiger partial charge in [0.05, 0.1) is 7.11 Å². The molecule has 0 fully saturated rings. The second-order valence-corrected chi connectivity index (χ2v) is 7.32. The van der Waals surface area contributed by atoms with E-state index >= 15 is 0 Å². The van der Waals surface area contributed by atoms with E-state index in [9.17, 15) is 9.59 Å². The third-order valence-electron chi connectivity index (χ3n) is 5.28. The molecule has 6 heteroatoms. The van der Waals surface area contributed by atoms with Crippen molar-refractivity contribution >= 4 is 11.4 Å². The fourth-order valence-electron chi connectivity index (χ4n) is 3.80. The molecule has 0 radical (unpaired) electrons. The molecule has 30 heavy (non-hydrogen) atoms. The largest absolute Gasteiger partial charge is 0.496 e. The first-order valence-electron chi connectivity index (χ1n) is 9.79. The summed E-state index contributed by atoms with van der Waals surface area (Å²) in [6, 6.07) is 17.2. The molecule has 2 aromatic heterocycles. The van der Waals surface area contributed by atoms with Crippen molar-refractivity contribution in [1.29, 1.82) is 0 Å². The summed E-state index contributed by atoms with van der Waals surface area (Å²) in [5, 5.41) is 3.11. The molecule has 0 spiro atoms. The molecule has 0 saturated heterocycles. The molecule has 0 saturated carbocycles. The van der Waals surface area contributed by atoms with Crippen LogP contribution in [0.5, 0.6) is 5.75 Å². The molecule has 0 aliphatic rings. The number of aromatic nitrogens is 3. The number of methoxy groups -OCH3 is 1. The predicted octanol–water partition coefficient (Wildman–Crippen LogP) is 3.67. The van der Waals surface area contributed by atoms with Crippen molar-refractivity contribution in [1.82, 2.24) is 14.6 Å². The number of carbonyl (C=O) groups excluding carboxylic acids is 1. The van der Waals surface area contributed by atoms with Crippen LogP contribution in [0.1, 0.15) is 22.5 Å². The summed E-state index contributed by atoms with van der Waals surface area (Å²) in [5.74, 6) is 0.605. The molecule has 0 aliphatic heterocycles. The van der Waals surface area contributed by atoms with Crippen molar-refractivity contribution in [3.05, 3.63) is 87.5 Å². The number of hydrogen-bond donors (Lipinski definition) is 1. The van der Waals surface area contributed by atoms with Gasteiger partial charge in [-0.15, -0.1) is 0 Å². The van der Waals surface area contributed by atoms with E-state index in [0.717, 1.165) is 22.4 Å². The number of nitrogens with zero attached hydrogens (tertiary/aromatic N) is 2. The van der Waals surface area contributed by atoms with Crippen LogP contribution in [0.25, 0.3) is 16.8 Å². The molecular formula is C24H23N3O3. The van der Waals surface area contributed by atoms with Crippen LogP contribution in [-0.2, 0) is 17.6 Å². The Balaban J connectivity index is 1.71. The molecule has 152 valence electrons. The minimum absolute atomic E-state index is 0.0252. The molecule has 4 aromatic rings. The number of fused-ring (bicyclic) bond motifs is 1. The summed E-state index contributed by atoms with van der Waals surface area (Å²) in [5.41, 5.74) is 4.85. The van der Waals surface area contributed by atoms with Gasteiger partial charge in [0.1, 0.15) is 11.5 Å². The predicted molar refractivity (Wildman–Crippen MR) is 116 cm³/mol. The summed E-state index contributed by atoms with van der Waals surface area (Å²) in [6.45, 7) is 3.70. The topological polar surface area (TPSA) is 76.5 Å². The molecule has 0 amide bonds. The highest BCUT2D eigenvalue weighted by Crippen LogP contribution is 2.26. The summed E-state index contributed by atoms with van der Waals surface area (Å²) >= 11 is 0. The van der Waals surface area contributed by atoms with Crippen molar-refractivity contribution in [3.63, 3.8) is 0 Å².